The van der Waals surface area contributed by atoms with Crippen LogP contribution >= 0.6 is 11.8 Å². The van der Waals surface area contributed by atoms with Crippen LogP contribution in [-0.2, 0) is 6.42 Å². The van der Waals surface area contributed by atoms with E-state index in [-0.39, 0.29) is 23.6 Å². The highest BCUT2D eigenvalue weighted by molar-refractivity contribution is 7.98. The number of methoxy groups -OCH3 is 2. The number of thioether (sulfide) groups is 1. The molecule has 4 aromatic rings. The van der Waals surface area contributed by atoms with E-state index < -0.39 is 0 Å². The minimum absolute atomic E-state index is 0.0982. The van der Waals surface area contributed by atoms with Gasteiger partial charge in [-0.05, 0) is 47.2 Å². The molecule has 0 spiro atoms. The number of rotatable bonds is 9. The molecular formula is C31H30N6O3S. The summed E-state index contributed by atoms with van der Waals surface area (Å²) in [7, 11) is 3.03. The number of nitrogens with two attached hydrogens (primary N) is 2. The van der Waals surface area contributed by atoms with Crippen molar-refractivity contribution in [3.05, 3.63) is 113 Å². The van der Waals surface area contributed by atoms with Crippen molar-refractivity contribution in [3.63, 3.8) is 0 Å². The Balaban J connectivity index is 1.49. The van der Waals surface area contributed by atoms with Crippen LogP contribution in [0.25, 0.3) is 0 Å². The SMILES string of the molecule is COc1cc(Cc2cnc(N)nc2N)cc(C(=O)/C=C/N2N=Cc3ccccc3[C@@H]2c2ccc(SC)cc2)c1OC. The summed E-state index contributed by atoms with van der Waals surface area (Å²) in [4.78, 5) is 22.9. The second-order valence-electron chi connectivity index (χ2n) is 9.30. The number of fused-ring (bicyclic) bond motifs is 1. The van der Waals surface area contributed by atoms with Crippen LogP contribution in [0.1, 0.15) is 44.2 Å². The number of benzene rings is 3. The molecule has 0 unspecified atom stereocenters. The normalized spacial score (nSPS) is 14.2. The second kappa shape index (κ2) is 12.1. The average Bonchev–Trinajstić information content (AvgIpc) is 3.00. The molecule has 9 nitrogen and oxygen atoms in total. The van der Waals surface area contributed by atoms with E-state index in [1.807, 2.05) is 24.5 Å². The van der Waals surface area contributed by atoms with Crippen molar-refractivity contribution in [2.24, 2.45) is 5.10 Å². The van der Waals surface area contributed by atoms with Crippen LogP contribution < -0.4 is 20.9 Å². The maximum atomic E-state index is 13.7. The first-order chi connectivity index (χ1) is 19.9. The number of anilines is 2. The number of ketones is 1. The zero-order valence-corrected chi connectivity index (χ0v) is 23.8. The summed E-state index contributed by atoms with van der Waals surface area (Å²) in [6.45, 7) is 0. The highest BCUT2D eigenvalue weighted by Crippen LogP contribution is 2.36. The van der Waals surface area contributed by atoms with Gasteiger partial charge < -0.3 is 20.9 Å². The molecule has 4 N–H and O–H groups in total. The van der Waals surface area contributed by atoms with Crippen LogP contribution in [0.2, 0.25) is 0 Å². The van der Waals surface area contributed by atoms with E-state index in [4.69, 9.17) is 20.9 Å². The zero-order valence-electron chi connectivity index (χ0n) is 22.9. The molecule has 208 valence electrons. The summed E-state index contributed by atoms with van der Waals surface area (Å²) < 4.78 is 11.2. The minimum Gasteiger partial charge on any atom is -0.493 e. The molecule has 1 atom stereocenters. The van der Waals surface area contributed by atoms with Crippen LogP contribution in [0.4, 0.5) is 11.8 Å². The van der Waals surface area contributed by atoms with Crippen molar-refractivity contribution in [2.45, 2.75) is 17.4 Å². The Labute approximate surface area is 242 Å². The molecule has 0 radical (unpaired) electrons. The standard InChI is InChI=1S/C31H30N6O3S/c1-39-27-16-19(14-22-17-34-31(33)36-30(22)32)15-25(29(27)40-2)26(38)12-13-37-28(20-8-10-23(41-3)11-9-20)24-7-5-4-6-21(24)18-35-37/h4-13,15-18,28H,14H2,1-3H3,(H4,32,33,34,36)/b13-12+/t28-/m0/s1. The van der Waals surface area contributed by atoms with Crippen LogP contribution in [0.3, 0.4) is 0 Å². The number of carbonyl (C=O) groups excluding carboxylic acids is 1. The molecule has 0 aliphatic carbocycles. The summed E-state index contributed by atoms with van der Waals surface area (Å²) in [5.41, 5.74) is 16.7. The molecule has 1 aromatic heterocycles. The molecule has 2 heterocycles. The highest BCUT2D eigenvalue weighted by Gasteiger charge is 2.26. The van der Waals surface area contributed by atoms with Crippen LogP contribution in [0.5, 0.6) is 11.5 Å². The molecule has 41 heavy (non-hydrogen) atoms. The molecule has 0 saturated carbocycles. The third-order valence-corrected chi connectivity index (χ3v) is 7.55. The Bertz CT molecular complexity index is 1640. The number of nitrogens with zero attached hydrogens (tertiary/aromatic N) is 4. The van der Waals surface area contributed by atoms with Crippen molar-refractivity contribution in [2.75, 3.05) is 31.9 Å². The number of carbonyl (C=O) groups is 1. The Kier molecular flexibility index (Phi) is 8.21. The minimum atomic E-state index is -0.269. The van der Waals surface area contributed by atoms with Gasteiger partial charge in [0.2, 0.25) is 5.95 Å². The fourth-order valence-electron chi connectivity index (χ4n) is 4.79. The Hall–Kier alpha value is -4.83. The van der Waals surface area contributed by atoms with Gasteiger partial charge in [0, 0.05) is 40.9 Å². The van der Waals surface area contributed by atoms with Gasteiger partial charge in [-0.15, -0.1) is 11.8 Å². The molecule has 1 aliphatic rings. The third-order valence-electron chi connectivity index (χ3n) is 6.81. The quantitative estimate of drug-likeness (QED) is 0.161. The van der Waals surface area contributed by atoms with E-state index in [0.717, 1.165) is 22.3 Å². The fraction of sp³-hybridized carbons (Fsp3) is 0.161. The van der Waals surface area contributed by atoms with E-state index in [9.17, 15) is 4.79 Å². The molecule has 10 heteroatoms. The number of nitrogen functional groups attached to an aromatic ring is 2. The van der Waals surface area contributed by atoms with E-state index in [0.29, 0.717) is 29.0 Å². The predicted octanol–water partition coefficient (Wildman–Crippen LogP) is 5.11. The van der Waals surface area contributed by atoms with Gasteiger partial charge >= 0.3 is 0 Å². The number of ether oxygens (including phenoxy) is 2. The van der Waals surface area contributed by atoms with E-state index in [1.54, 1.807) is 47.5 Å². The van der Waals surface area contributed by atoms with Gasteiger partial charge in [-0.3, -0.25) is 9.80 Å². The van der Waals surface area contributed by atoms with Crippen LogP contribution in [0.15, 0.2) is 89.1 Å². The molecule has 0 amide bonds. The number of allylic oxidation sites excluding steroid dienone is 1. The number of hydrogen-bond donors (Lipinski definition) is 2. The molecule has 1 aliphatic heterocycles. The highest BCUT2D eigenvalue weighted by atomic mass is 32.2. The van der Waals surface area contributed by atoms with Gasteiger partial charge in [-0.1, -0.05) is 36.4 Å². The summed E-state index contributed by atoms with van der Waals surface area (Å²) in [6, 6.07) is 19.9. The lowest BCUT2D eigenvalue weighted by molar-refractivity contribution is 0.104. The van der Waals surface area contributed by atoms with Gasteiger partial charge in [-0.25, -0.2) is 4.98 Å². The number of hydrogen-bond acceptors (Lipinski definition) is 10. The molecule has 0 saturated heterocycles. The Morgan fingerprint density at radius 2 is 1.85 bits per heavy atom. The maximum absolute atomic E-state index is 13.7. The summed E-state index contributed by atoms with van der Waals surface area (Å²) in [6.07, 6.45) is 9.00. The zero-order chi connectivity index (χ0) is 28.9. The van der Waals surface area contributed by atoms with Crippen molar-refractivity contribution in [3.8, 4) is 11.5 Å². The fourth-order valence-corrected chi connectivity index (χ4v) is 5.20. The monoisotopic (exact) mass is 566 g/mol. The van der Waals surface area contributed by atoms with Gasteiger partial charge in [0.25, 0.3) is 0 Å². The average molecular weight is 567 g/mol. The lowest BCUT2D eigenvalue weighted by atomic mass is 9.93. The van der Waals surface area contributed by atoms with Gasteiger partial charge in [0.05, 0.1) is 26.0 Å². The Morgan fingerprint density at radius 1 is 1.07 bits per heavy atom. The molecule has 0 fully saturated rings. The van der Waals surface area contributed by atoms with Gasteiger partial charge in [0.15, 0.2) is 17.3 Å². The number of hydrazone groups is 1. The first-order valence-electron chi connectivity index (χ1n) is 12.8. The Morgan fingerprint density at radius 3 is 2.56 bits per heavy atom. The topological polar surface area (TPSA) is 129 Å². The maximum Gasteiger partial charge on any atom is 0.221 e. The largest absolute Gasteiger partial charge is 0.493 e. The third kappa shape index (κ3) is 5.87. The first-order valence-corrected chi connectivity index (χ1v) is 14.0. The van der Waals surface area contributed by atoms with Crippen molar-refractivity contribution >= 4 is 35.5 Å². The molecule has 0 bridgehead atoms. The van der Waals surface area contributed by atoms with Crippen molar-refractivity contribution in [1.82, 2.24) is 15.0 Å². The molecule has 3 aromatic carbocycles. The van der Waals surface area contributed by atoms with Crippen molar-refractivity contribution < 1.29 is 14.3 Å². The number of aromatic nitrogens is 2. The molecular weight excluding hydrogens is 536 g/mol. The molecule has 5 rings (SSSR count). The van der Waals surface area contributed by atoms with E-state index in [1.165, 1.54) is 25.2 Å². The lowest BCUT2D eigenvalue weighted by Gasteiger charge is -2.31. The smallest absolute Gasteiger partial charge is 0.221 e. The van der Waals surface area contributed by atoms with E-state index >= 15 is 0 Å². The van der Waals surface area contributed by atoms with E-state index in [2.05, 4.69) is 45.4 Å². The first kappa shape index (κ1) is 27.7. The van der Waals surface area contributed by atoms with Gasteiger partial charge in [-0.2, -0.15) is 10.1 Å². The second-order valence-corrected chi connectivity index (χ2v) is 10.2. The van der Waals surface area contributed by atoms with Gasteiger partial charge in [0.1, 0.15) is 11.9 Å². The predicted molar refractivity (Wildman–Crippen MR) is 163 cm³/mol. The lowest BCUT2D eigenvalue weighted by Crippen LogP contribution is -2.25. The summed E-state index contributed by atoms with van der Waals surface area (Å²) in [5.74, 6) is 0.868. The summed E-state index contributed by atoms with van der Waals surface area (Å²) in [5, 5.41) is 6.47. The van der Waals surface area contributed by atoms with Crippen LogP contribution in [-0.4, -0.2) is 47.5 Å². The van der Waals surface area contributed by atoms with Crippen molar-refractivity contribution in [1.29, 1.82) is 0 Å². The van der Waals surface area contributed by atoms with Crippen LogP contribution in [0, 0.1) is 0 Å². The summed E-state index contributed by atoms with van der Waals surface area (Å²) >= 11 is 1.69.